The molecule has 0 fully saturated rings. The van der Waals surface area contributed by atoms with Crippen LogP contribution in [0.25, 0.3) is 0 Å². The minimum Gasteiger partial charge on any atom is -0.501 e. The van der Waals surface area contributed by atoms with E-state index >= 15 is 0 Å². The van der Waals surface area contributed by atoms with E-state index in [4.69, 9.17) is 21.4 Å². The maximum absolute atomic E-state index is 12.1. The van der Waals surface area contributed by atoms with E-state index in [0.29, 0.717) is 12.5 Å². The molecule has 0 aliphatic heterocycles. The zero-order valence-electron chi connectivity index (χ0n) is 12.2. The molecule has 1 rings (SSSR count). The summed E-state index contributed by atoms with van der Waals surface area (Å²) in [5, 5.41) is 18.7. The summed E-state index contributed by atoms with van der Waals surface area (Å²) in [6, 6.07) is 0. The van der Waals surface area contributed by atoms with E-state index in [9.17, 15) is 14.7 Å². The van der Waals surface area contributed by atoms with Crippen molar-refractivity contribution in [3.8, 4) is 5.75 Å². The van der Waals surface area contributed by atoms with Crippen molar-refractivity contribution in [2.75, 3.05) is 19.1 Å². The molecule has 21 heavy (non-hydrogen) atoms. The fourth-order valence-corrected chi connectivity index (χ4v) is 2.06. The Kier molecular flexibility index (Phi) is 5.74. The van der Waals surface area contributed by atoms with Crippen molar-refractivity contribution in [1.82, 2.24) is 9.55 Å². The maximum Gasteiger partial charge on any atom is 0.358 e. The lowest BCUT2D eigenvalue weighted by molar-refractivity contribution is 0.0682. The van der Waals surface area contributed by atoms with Gasteiger partial charge in [-0.15, -0.1) is 11.6 Å². The Labute approximate surface area is 127 Å². The van der Waals surface area contributed by atoms with Crippen molar-refractivity contribution in [2.45, 2.75) is 32.7 Å². The monoisotopic (exact) mass is 318 g/mol. The molecule has 0 aliphatic carbocycles. The number of aromatic hydroxyl groups is 1. The van der Waals surface area contributed by atoms with E-state index in [-0.39, 0.29) is 19.0 Å². The van der Waals surface area contributed by atoms with Crippen molar-refractivity contribution in [3.05, 3.63) is 21.9 Å². The van der Waals surface area contributed by atoms with Crippen molar-refractivity contribution in [1.29, 1.82) is 0 Å². The van der Waals surface area contributed by atoms with E-state index in [1.54, 1.807) is 20.8 Å². The van der Waals surface area contributed by atoms with Gasteiger partial charge < -0.3 is 14.9 Å². The normalized spacial score (nSPS) is 11.6. The highest BCUT2D eigenvalue weighted by molar-refractivity contribution is 6.17. The van der Waals surface area contributed by atoms with Crippen molar-refractivity contribution in [3.63, 3.8) is 0 Å². The molecule has 0 saturated heterocycles. The third-order valence-corrected chi connectivity index (χ3v) is 3.11. The summed E-state index contributed by atoms with van der Waals surface area (Å²) >= 11 is 5.54. The Morgan fingerprint density at radius 1 is 1.48 bits per heavy atom. The van der Waals surface area contributed by atoms with Gasteiger partial charge in [-0.3, -0.25) is 9.36 Å². The summed E-state index contributed by atoms with van der Waals surface area (Å²) in [6.45, 7) is 6.08. The quantitative estimate of drug-likeness (QED) is 0.578. The number of aromatic nitrogens is 2. The van der Waals surface area contributed by atoms with Crippen LogP contribution in [0, 0.1) is 0 Å². The van der Waals surface area contributed by atoms with E-state index in [1.807, 2.05) is 0 Å². The first-order valence-electron chi connectivity index (χ1n) is 6.47. The van der Waals surface area contributed by atoms with Gasteiger partial charge in [0.2, 0.25) is 5.75 Å². The third-order valence-electron chi connectivity index (χ3n) is 2.95. The van der Waals surface area contributed by atoms with Gasteiger partial charge in [-0.1, -0.05) is 13.8 Å². The van der Waals surface area contributed by atoms with Gasteiger partial charge in [0.15, 0.2) is 5.69 Å². The molecule has 0 aromatic carbocycles. The second-order valence-electron chi connectivity index (χ2n) is 5.11. The highest BCUT2D eigenvalue weighted by Gasteiger charge is 2.30. The molecule has 1 aromatic rings. The minimum absolute atomic E-state index is 0.218. The lowest BCUT2D eigenvalue weighted by Crippen LogP contribution is -2.37. The van der Waals surface area contributed by atoms with Gasteiger partial charge in [-0.25, -0.2) is 9.78 Å². The molecule has 7 nitrogen and oxygen atoms in total. The lowest BCUT2D eigenvalue weighted by atomic mass is 9.93. The number of aromatic carboxylic acids is 1. The standard InChI is InChI=1S/C13H19ClN2O5/c1-4-16-10(18)9(17)8(11(19)20)15-12(16)13(2,3)7-21-6-5-14/h17H,4-7H2,1-3H3,(H,19,20). The molecular weight excluding hydrogens is 300 g/mol. The predicted molar refractivity (Wildman–Crippen MR) is 77.4 cm³/mol. The third kappa shape index (κ3) is 3.74. The molecule has 0 saturated carbocycles. The van der Waals surface area contributed by atoms with Gasteiger partial charge in [0, 0.05) is 17.8 Å². The zero-order chi connectivity index (χ0) is 16.2. The Balaban J connectivity index is 3.39. The topological polar surface area (TPSA) is 102 Å². The first-order valence-corrected chi connectivity index (χ1v) is 7.01. The maximum atomic E-state index is 12.1. The van der Waals surface area contributed by atoms with Crippen LogP contribution < -0.4 is 5.56 Å². The molecule has 0 bridgehead atoms. The molecule has 1 aromatic heterocycles. The minimum atomic E-state index is -1.45. The summed E-state index contributed by atoms with van der Waals surface area (Å²) < 4.78 is 6.62. The fraction of sp³-hybridized carbons (Fsp3) is 0.615. The van der Waals surface area contributed by atoms with Gasteiger partial charge in [0.25, 0.3) is 5.56 Å². The Hall–Kier alpha value is -1.60. The van der Waals surface area contributed by atoms with Crippen molar-refractivity contribution >= 4 is 17.6 Å². The Morgan fingerprint density at radius 3 is 2.57 bits per heavy atom. The van der Waals surface area contributed by atoms with E-state index in [0.717, 1.165) is 0 Å². The van der Waals surface area contributed by atoms with Crippen LogP contribution >= 0.6 is 11.6 Å². The summed E-state index contributed by atoms with van der Waals surface area (Å²) in [5.74, 6) is -1.73. The molecule has 1 heterocycles. The van der Waals surface area contributed by atoms with Gasteiger partial charge in [0.05, 0.1) is 13.2 Å². The highest BCUT2D eigenvalue weighted by atomic mass is 35.5. The second-order valence-corrected chi connectivity index (χ2v) is 5.49. The predicted octanol–water partition coefficient (Wildman–Crippen LogP) is 1.20. The Morgan fingerprint density at radius 2 is 2.10 bits per heavy atom. The van der Waals surface area contributed by atoms with Gasteiger partial charge in [-0.05, 0) is 6.92 Å². The smallest absolute Gasteiger partial charge is 0.358 e. The second kappa shape index (κ2) is 6.91. The largest absolute Gasteiger partial charge is 0.501 e. The van der Waals surface area contributed by atoms with Crippen LogP contribution in [0.3, 0.4) is 0 Å². The molecule has 0 aliphatic rings. The van der Waals surface area contributed by atoms with Crippen LogP contribution in [-0.2, 0) is 16.7 Å². The van der Waals surface area contributed by atoms with Crippen LogP contribution in [0.1, 0.15) is 37.1 Å². The number of halogens is 1. The van der Waals surface area contributed by atoms with Crippen LogP contribution in [0.5, 0.6) is 5.75 Å². The number of carboxylic acid groups (broad SMARTS) is 1. The summed E-state index contributed by atoms with van der Waals surface area (Å²) in [6.07, 6.45) is 0. The zero-order valence-corrected chi connectivity index (χ0v) is 13.0. The summed E-state index contributed by atoms with van der Waals surface area (Å²) in [4.78, 5) is 27.1. The van der Waals surface area contributed by atoms with Crippen molar-refractivity contribution in [2.24, 2.45) is 0 Å². The first-order chi connectivity index (χ1) is 9.76. The summed E-state index contributed by atoms with van der Waals surface area (Å²) in [7, 11) is 0. The summed E-state index contributed by atoms with van der Waals surface area (Å²) in [5.41, 5.74) is -2.13. The number of hydrogen-bond donors (Lipinski definition) is 2. The average molecular weight is 319 g/mol. The molecule has 0 atom stereocenters. The number of carboxylic acids is 1. The number of ether oxygens (including phenoxy) is 1. The van der Waals surface area contributed by atoms with Gasteiger partial charge in [-0.2, -0.15) is 0 Å². The van der Waals surface area contributed by atoms with Gasteiger partial charge in [0.1, 0.15) is 5.82 Å². The van der Waals surface area contributed by atoms with E-state index in [2.05, 4.69) is 4.98 Å². The molecular formula is C13H19ClN2O5. The van der Waals surface area contributed by atoms with Crippen LogP contribution in [0.4, 0.5) is 0 Å². The van der Waals surface area contributed by atoms with E-state index < -0.39 is 28.4 Å². The van der Waals surface area contributed by atoms with Crippen molar-refractivity contribution < 1.29 is 19.7 Å². The van der Waals surface area contributed by atoms with Crippen LogP contribution in [-0.4, -0.2) is 44.8 Å². The van der Waals surface area contributed by atoms with E-state index in [1.165, 1.54) is 4.57 Å². The highest BCUT2D eigenvalue weighted by Crippen LogP contribution is 2.23. The molecule has 8 heteroatoms. The number of carbonyl (C=O) groups is 1. The molecule has 118 valence electrons. The van der Waals surface area contributed by atoms with Crippen LogP contribution in [0.15, 0.2) is 4.79 Å². The SMILES string of the molecule is CCn1c(C(C)(C)COCCCl)nc(C(=O)O)c(O)c1=O. The van der Waals surface area contributed by atoms with Crippen LogP contribution in [0.2, 0.25) is 0 Å². The molecule has 0 amide bonds. The molecule has 0 unspecified atom stereocenters. The molecule has 0 spiro atoms. The average Bonchev–Trinajstić information content (AvgIpc) is 2.41. The number of hydrogen-bond acceptors (Lipinski definition) is 5. The number of rotatable bonds is 7. The number of nitrogens with zero attached hydrogens (tertiary/aromatic N) is 2. The number of alkyl halides is 1. The van der Waals surface area contributed by atoms with Gasteiger partial charge >= 0.3 is 5.97 Å². The fourth-order valence-electron chi connectivity index (χ4n) is 1.95. The lowest BCUT2D eigenvalue weighted by Gasteiger charge is -2.27. The molecule has 2 N–H and O–H groups in total. The molecule has 0 radical (unpaired) electrons. The Bertz CT molecular complexity index is 583. The first kappa shape index (κ1) is 17.5.